The van der Waals surface area contributed by atoms with Crippen molar-refractivity contribution >= 4 is 82.5 Å². The molecule has 12 aromatic rings. The van der Waals surface area contributed by atoms with Gasteiger partial charge in [0.1, 0.15) is 0 Å². The second-order valence-electron chi connectivity index (χ2n) is 15.0. The Hall–Kier alpha value is -7.82. The van der Waals surface area contributed by atoms with Gasteiger partial charge in [-0.05, 0) is 97.1 Å². The lowest BCUT2D eigenvalue weighted by molar-refractivity contribution is 1.15. The summed E-state index contributed by atoms with van der Waals surface area (Å²) in [5.41, 5.74) is 13.8. The molecule has 0 aliphatic heterocycles. The fourth-order valence-electron chi connectivity index (χ4n) is 9.33. The van der Waals surface area contributed by atoms with Crippen molar-refractivity contribution in [2.75, 3.05) is 4.90 Å². The standard InChI is InChI=1S/C54H36N4/c1-3-16-37(17-4-1)55(38-18-5-2-6-19-38)39-20-15-21-40(34-39)58-51-28-13-9-24-45(51)47-32-30-42(36-54(47)58)57-52-29-14-10-25-46(52)48-35-41(31-33-53(48)57)56-49-26-11-7-22-43(49)44-23-8-12-27-50(44)56/h1-36H. The van der Waals surface area contributed by atoms with Gasteiger partial charge in [0, 0.05) is 66.4 Å². The van der Waals surface area contributed by atoms with Crippen molar-refractivity contribution in [3.8, 4) is 17.1 Å². The third kappa shape index (κ3) is 4.88. The van der Waals surface area contributed by atoms with E-state index >= 15 is 0 Å². The van der Waals surface area contributed by atoms with Crippen molar-refractivity contribution in [3.63, 3.8) is 0 Å². The fourth-order valence-corrected chi connectivity index (χ4v) is 9.33. The molecule has 272 valence electrons. The molecule has 0 aliphatic rings. The fraction of sp³-hybridized carbons (Fsp3) is 0. The first-order valence-corrected chi connectivity index (χ1v) is 19.9. The van der Waals surface area contributed by atoms with E-state index in [1.165, 1.54) is 59.9 Å². The van der Waals surface area contributed by atoms with Gasteiger partial charge >= 0.3 is 0 Å². The predicted molar refractivity (Wildman–Crippen MR) is 244 cm³/mol. The van der Waals surface area contributed by atoms with Crippen LogP contribution in [0.4, 0.5) is 17.1 Å². The summed E-state index contributed by atoms with van der Waals surface area (Å²) in [5.74, 6) is 0. The number of hydrogen-bond donors (Lipinski definition) is 0. The van der Waals surface area contributed by atoms with Gasteiger partial charge in [-0.2, -0.15) is 0 Å². The maximum atomic E-state index is 2.44. The molecular weight excluding hydrogens is 705 g/mol. The Morgan fingerprint density at radius 1 is 0.224 bits per heavy atom. The first-order valence-electron chi connectivity index (χ1n) is 19.9. The number of hydrogen-bond acceptors (Lipinski definition) is 1. The van der Waals surface area contributed by atoms with Crippen LogP contribution in [-0.4, -0.2) is 13.7 Å². The lowest BCUT2D eigenvalue weighted by atomic mass is 10.1. The first kappa shape index (κ1) is 32.4. The minimum atomic E-state index is 1.10. The average molecular weight is 741 g/mol. The molecule has 3 aromatic heterocycles. The Labute approximate surface area is 335 Å². The van der Waals surface area contributed by atoms with Crippen LogP contribution in [0.2, 0.25) is 0 Å². The molecule has 0 atom stereocenters. The van der Waals surface area contributed by atoms with Gasteiger partial charge < -0.3 is 18.6 Å². The highest BCUT2D eigenvalue weighted by molar-refractivity contribution is 6.13. The van der Waals surface area contributed by atoms with Crippen LogP contribution in [0.15, 0.2) is 218 Å². The minimum Gasteiger partial charge on any atom is -0.310 e. The summed E-state index contributed by atoms with van der Waals surface area (Å²) in [6, 6.07) is 79.1. The zero-order chi connectivity index (χ0) is 38.2. The van der Waals surface area contributed by atoms with Crippen LogP contribution in [0.3, 0.4) is 0 Å². The second kappa shape index (κ2) is 12.9. The molecule has 0 spiro atoms. The van der Waals surface area contributed by atoms with Crippen molar-refractivity contribution in [2.45, 2.75) is 0 Å². The molecule has 4 heteroatoms. The molecule has 0 fully saturated rings. The van der Waals surface area contributed by atoms with E-state index in [4.69, 9.17) is 0 Å². The molecule has 0 amide bonds. The highest BCUT2D eigenvalue weighted by Crippen LogP contribution is 2.41. The Bertz CT molecular complexity index is 3420. The van der Waals surface area contributed by atoms with E-state index < -0.39 is 0 Å². The maximum absolute atomic E-state index is 2.44. The zero-order valence-corrected chi connectivity index (χ0v) is 31.6. The first-order chi connectivity index (χ1) is 28.8. The summed E-state index contributed by atoms with van der Waals surface area (Å²) in [6.45, 7) is 0. The molecule has 0 unspecified atom stereocenters. The van der Waals surface area contributed by atoms with Crippen LogP contribution < -0.4 is 4.90 Å². The van der Waals surface area contributed by atoms with E-state index in [-0.39, 0.29) is 0 Å². The SMILES string of the molecule is c1ccc(N(c2ccccc2)c2cccc(-n3c4ccccc4c4ccc(-n5c6ccccc6c6cc(-n7c8ccccc8c8ccccc87)ccc65)cc43)c2)cc1. The van der Waals surface area contributed by atoms with Crippen LogP contribution in [0.5, 0.6) is 0 Å². The summed E-state index contributed by atoms with van der Waals surface area (Å²) in [6.07, 6.45) is 0. The molecule has 58 heavy (non-hydrogen) atoms. The van der Waals surface area contributed by atoms with Crippen molar-refractivity contribution in [3.05, 3.63) is 218 Å². The number of benzene rings is 9. The van der Waals surface area contributed by atoms with Crippen LogP contribution in [-0.2, 0) is 0 Å². The van der Waals surface area contributed by atoms with Gasteiger partial charge in [0.05, 0.1) is 33.1 Å². The van der Waals surface area contributed by atoms with Crippen LogP contribution in [0, 0.1) is 0 Å². The number of anilines is 3. The van der Waals surface area contributed by atoms with Gasteiger partial charge in [-0.25, -0.2) is 0 Å². The molecule has 12 rings (SSSR count). The molecule has 0 saturated heterocycles. The maximum Gasteiger partial charge on any atom is 0.0561 e. The van der Waals surface area contributed by atoms with Crippen molar-refractivity contribution in [2.24, 2.45) is 0 Å². The number of rotatable bonds is 6. The largest absolute Gasteiger partial charge is 0.310 e. The van der Waals surface area contributed by atoms with Gasteiger partial charge in [-0.3, -0.25) is 0 Å². The number of fused-ring (bicyclic) bond motifs is 9. The highest BCUT2D eigenvalue weighted by atomic mass is 15.1. The number of nitrogens with zero attached hydrogens (tertiary/aromatic N) is 4. The number of aromatic nitrogens is 3. The molecule has 3 heterocycles. The third-order valence-electron chi connectivity index (χ3n) is 11.8. The lowest BCUT2D eigenvalue weighted by Crippen LogP contribution is -2.10. The Balaban J connectivity index is 1.06. The predicted octanol–water partition coefficient (Wildman–Crippen LogP) is 14.4. The summed E-state index contributed by atoms with van der Waals surface area (Å²) in [4.78, 5) is 2.33. The van der Waals surface area contributed by atoms with E-state index in [9.17, 15) is 0 Å². The van der Waals surface area contributed by atoms with Gasteiger partial charge in [-0.1, -0.05) is 121 Å². The van der Waals surface area contributed by atoms with Crippen LogP contribution >= 0.6 is 0 Å². The molecule has 4 nitrogen and oxygen atoms in total. The smallest absolute Gasteiger partial charge is 0.0561 e. The summed E-state index contributed by atoms with van der Waals surface area (Å²) in [5, 5.41) is 7.45. The topological polar surface area (TPSA) is 18.0 Å². The van der Waals surface area contributed by atoms with E-state index in [1.807, 2.05) is 0 Å². The van der Waals surface area contributed by atoms with E-state index in [0.29, 0.717) is 0 Å². The van der Waals surface area contributed by atoms with Gasteiger partial charge in [0.25, 0.3) is 0 Å². The van der Waals surface area contributed by atoms with E-state index in [2.05, 4.69) is 237 Å². The van der Waals surface area contributed by atoms with Gasteiger partial charge in [-0.15, -0.1) is 0 Å². The Morgan fingerprint density at radius 3 is 1.16 bits per heavy atom. The third-order valence-corrected chi connectivity index (χ3v) is 11.8. The quantitative estimate of drug-likeness (QED) is 0.166. The average Bonchev–Trinajstić information content (AvgIpc) is 3.92. The van der Waals surface area contributed by atoms with Gasteiger partial charge in [0.2, 0.25) is 0 Å². The zero-order valence-electron chi connectivity index (χ0n) is 31.6. The minimum absolute atomic E-state index is 1.10. The second-order valence-corrected chi connectivity index (χ2v) is 15.0. The Kier molecular flexibility index (Phi) is 7.20. The van der Waals surface area contributed by atoms with Crippen LogP contribution in [0.1, 0.15) is 0 Å². The van der Waals surface area contributed by atoms with E-state index in [0.717, 1.165) is 39.6 Å². The normalized spacial score (nSPS) is 11.8. The molecule has 9 aromatic carbocycles. The molecule has 0 bridgehead atoms. The monoisotopic (exact) mass is 740 g/mol. The molecule has 0 radical (unpaired) electrons. The van der Waals surface area contributed by atoms with Crippen molar-refractivity contribution < 1.29 is 0 Å². The summed E-state index contributed by atoms with van der Waals surface area (Å²) < 4.78 is 7.27. The van der Waals surface area contributed by atoms with E-state index in [1.54, 1.807) is 0 Å². The molecule has 0 N–H and O–H groups in total. The molecule has 0 aliphatic carbocycles. The molecule has 0 saturated carbocycles. The Morgan fingerprint density at radius 2 is 0.603 bits per heavy atom. The van der Waals surface area contributed by atoms with Crippen molar-refractivity contribution in [1.82, 2.24) is 13.7 Å². The van der Waals surface area contributed by atoms with Crippen LogP contribution in [0.25, 0.3) is 82.5 Å². The highest BCUT2D eigenvalue weighted by Gasteiger charge is 2.20. The van der Waals surface area contributed by atoms with Crippen molar-refractivity contribution in [1.29, 1.82) is 0 Å². The lowest BCUT2D eigenvalue weighted by Gasteiger charge is -2.26. The van der Waals surface area contributed by atoms with Gasteiger partial charge in [0.15, 0.2) is 0 Å². The summed E-state index contributed by atoms with van der Waals surface area (Å²) >= 11 is 0. The summed E-state index contributed by atoms with van der Waals surface area (Å²) in [7, 11) is 0. The number of para-hydroxylation sites is 6. The molecular formula is C54H36N4.